The monoisotopic (exact) mass is 294 g/mol. The standard InChI is InChI=1S/C19H19NS/c1-20-12-10-14(11-13-20)19-15-6-2-4-8-17(15)21-18-9-5-3-7-16(18)19/h2-9H,10-13H2,1H3/p+1. The number of benzene rings is 2. The molecule has 1 saturated heterocycles. The Labute approximate surface area is 130 Å². The number of nitrogens with one attached hydrogen (secondary N) is 1. The van der Waals surface area contributed by atoms with E-state index in [-0.39, 0.29) is 0 Å². The highest BCUT2D eigenvalue weighted by Crippen LogP contribution is 2.47. The number of likely N-dealkylation sites (tertiary alicyclic amines) is 1. The molecule has 0 aromatic heterocycles. The molecular formula is C19H20NS+. The van der Waals surface area contributed by atoms with E-state index < -0.39 is 0 Å². The van der Waals surface area contributed by atoms with Gasteiger partial charge in [0, 0.05) is 22.6 Å². The first kappa shape index (κ1) is 13.2. The molecule has 0 spiro atoms. The van der Waals surface area contributed by atoms with Crippen molar-refractivity contribution in [3.8, 4) is 0 Å². The minimum atomic E-state index is 1.23. The Hall–Kier alpha value is -1.51. The lowest BCUT2D eigenvalue weighted by Crippen LogP contribution is -3.09. The average Bonchev–Trinajstić information content (AvgIpc) is 2.53. The molecule has 2 aliphatic rings. The number of fused-ring (bicyclic) bond motifs is 2. The van der Waals surface area contributed by atoms with Crippen molar-refractivity contribution in [1.82, 2.24) is 0 Å². The van der Waals surface area contributed by atoms with Gasteiger partial charge in [-0.05, 0) is 28.8 Å². The van der Waals surface area contributed by atoms with Crippen molar-refractivity contribution in [2.45, 2.75) is 22.6 Å². The molecule has 1 nitrogen and oxygen atoms in total. The Bertz CT molecular complexity index is 660. The average molecular weight is 294 g/mol. The van der Waals surface area contributed by atoms with Gasteiger partial charge < -0.3 is 4.90 Å². The summed E-state index contributed by atoms with van der Waals surface area (Å²) in [4.78, 5) is 4.47. The number of piperidine rings is 1. The second-order valence-corrected chi connectivity index (χ2v) is 7.11. The number of hydrogen-bond donors (Lipinski definition) is 1. The van der Waals surface area contributed by atoms with Crippen LogP contribution in [0.2, 0.25) is 0 Å². The van der Waals surface area contributed by atoms with Crippen molar-refractivity contribution in [2.75, 3.05) is 20.1 Å². The number of hydrogen-bond acceptors (Lipinski definition) is 1. The molecule has 2 aromatic rings. The van der Waals surface area contributed by atoms with Crippen LogP contribution in [-0.2, 0) is 0 Å². The topological polar surface area (TPSA) is 4.44 Å². The van der Waals surface area contributed by atoms with E-state index in [1.54, 1.807) is 10.5 Å². The van der Waals surface area contributed by atoms with Gasteiger partial charge >= 0.3 is 0 Å². The molecular weight excluding hydrogens is 274 g/mol. The molecule has 1 fully saturated rings. The van der Waals surface area contributed by atoms with Crippen molar-refractivity contribution in [2.24, 2.45) is 0 Å². The summed E-state index contributed by atoms with van der Waals surface area (Å²) in [6.45, 7) is 2.52. The van der Waals surface area contributed by atoms with E-state index in [1.807, 2.05) is 11.8 Å². The lowest BCUT2D eigenvalue weighted by molar-refractivity contribution is -0.882. The van der Waals surface area contributed by atoms with Crippen LogP contribution in [0.1, 0.15) is 24.0 Å². The second-order valence-electron chi connectivity index (χ2n) is 6.03. The fourth-order valence-corrected chi connectivity index (χ4v) is 4.49. The molecule has 0 unspecified atom stereocenters. The molecule has 106 valence electrons. The van der Waals surface area contributed by atoms with Crippen LogP contribution >= 0.6 is 11.8 Å². The zero-order chi connectivity index (χ0) is 14.2. The van der Waals surface area contributed by atoms with E-state index >= 15 is 0 Å². The van der Waals surface area contributed by atoms with Gasteiger partial charge in [0.2, 0.25) is 0 Å². The molecule has 0 atom stereocenters. The van der Waals surface area contributed by atoms with Crippen molar-refractivity contribution in [1.29, 1.82) is 0 Å². The van der Waals surface area contributed by atoms with Crippen molar-refractivity contribution < 1.29 is 4.90 Å². The first-order valence-electron chi connectivity index (χ1n) is 7.73. The molecule has 21 heavy (non-hydrogen) atoms. The molecule has 0 aliphatic carbocycles. The minimum Gasteiger partial charge on any atom is -0.337 e. The first-order valence-corrected chi connectivity index (χ1v) is 8.54. The molecule has 2 heteroatoms. The van der Waals surface area contributed by atoms with Crippen LogP contribution in [0.25, 0.3) is 5.57 Å². The highest BCUT2D eigenvalue weighted by Gasteiger charge is 2.25. The minimum absolute atomic E-state index is 1.23. The Balaban J connectivity index is 1.92. The van der Waals surface area contributed by atoms with Crippen molar-refractivity contribution in [3.05, 3.63) is 65.2 Å². The largest absolute Gasteiger partial charge is 0.337 e. The SMILES string of the molecule is C[NH+]1CCC(=C2c3ccccc3Sc3ccccc32)CC1. The Morgan fingerprint density at radius 2 is 1.33 bits per heavy atom. The van der Waals surface area contributed by atoms with Crippen LogP contribution in [0.4, 0.5) is 0 Å². The summed E-state index contributed by atoms with van der Waals surface area (Å²) in [6.07, 6.45) is 2.46. The van der Waals surface area contributed by atoms with Crippen LogP contribution in [0.15, 0.2) is 63.9 Å². The summed E-state index contributed by atoms with van der Waals surface area (Å²) in [7, 11) is 2.31. The summed E-state index contributed by atoms with van der Waals surface area (Å²) < 4.78 is 0. The summed E-state index contributed by atoms with van der Waals surface area (Å²) in [6, 6.07) is 17.8. The zero-order valence-electron chi connectivity index (χ0n) is 12.4. The van der Waals surface area contributed by atoms with Crippen LogP contribution in [0, 0.1) is 0 Å². The smallest absolute Gasteiger partial charge is 0.0807 e. The van der Waals surface area contributed by atoms with E-state index in [0.717, 1.165) is 0 Å². The Morgan fingerprint density at radius 3 is 1.90 bits per heavy atom. The van der Waals surface area contributed by atoms with Gasteiger partial charge in [0.1, 0.15) is 0 Å². The van der Waals surface area contributed by atoms with Crippen LogP contribution in [-0.4, -0.2) is 20.1 Å². The van der Waals surface area contributed by atoms with Gasteiger partial charge in [-0.2, -0.15) is 0 Å². The summed E-state index contributed by atoms with van der Waals surface area (Å²) in [5.74, 6) is 0. The molecule has 0 bridgehead atoms. The van der Waals surface area contributed by atoms with E-state index in [2.05, 4.69) is 55.6 Å². The van der Waals surface area contributed by atoms with Gasteiger partial charge in [0.15, 0.2) is 0 Å². The van der Waals surface area contributed by atoms with Gasteiger partial charge in [-0.25, -0.2) is 0 Å². The van der Waals surface area contributed by atoms with E-state index in [1.165, 1.54) is 52.4 Å². The molecule has 1 N–H and O–H groups in total. The summed E-state index contributed by atoms with van der Waals surface area (Å²) in [5, 5.41) is 0. The van der Waals surface area contributed by atoms with Gasteiger partial charge in [-0.15, -0.1) is 0 Å². The van der Waals surface area contributed by atoms with E-state index in [0.29, 0.717) is 0 Å². The molecule has 0 radical (unpaired) electrons. The zero-order valence-corrected chi connectivity index (χ0v) is 13.2. The van der Waals surface area contributed by atoms with Gasteiger partial charge in [0.25, 0.3) is 0 Å². The quantitative estimate of drug-likeness (QED) is 0.667. The van der Waals surface area contributed by atoms with Crippen LogP contribution in [0.5, 0.6) is 0 Å². The van der Waals surface area contributed by atoms with Crippen molar-refractivity contribution in [3.63, 3.8) is 0 Å². The van der Waals surface area contributed by atoms with Crippen LogP contribution in [0.3, 0.4) is 0 Å². The molecule has 4 rings (SSSR count). The normalized spacial score (nSPS) is 20.9. The van der Waals surface area contributed by atoms with Crippen LogP contribution < -0.4 is 4.90 Å². The van der Waals surface area contributed by atoms with Gasteiger partial charge in [0.05, 0.1) is 20.1 Å². The lowest BCUT2D eigenvalue weighted by Gasteiger charge is -2.28. The Morgan fingerprint density at radius 1 is 0.810 bits per heavy atom. The third kappa shape index (κ3) is 2.33. The second kappa shape index (κ2) is 5.36. The number of quaternary nitrogens is 1. The first-order chi connectivity index (χ1) is 10.3. The maximum Gasteiger partial charge on any atom is 0.0807 e. The number of rotatable bonds is 0. The summed E-state index contributed by atoms with van der Waals surface area (Å²) in [5.41, 5.74) is 6.06. The molecule has 2 aliphatic heterocycles. The molecule has 2 heterocycles. The third-order valence-electron chi connectivity index (χ3n) is 4.59. The van der Waals surface area contributed by atoms with Gasteiger partial charge in [-0.1, -0.05) is 53.7 Å². The Kier molecular flexibility index (Phi) is 3.36. The lowest BCUT2D eigenvalue weighted by atomic mass is 9.88. The fraction of sp³-hybridized carbons (Fsp3) is 0.263. The predicted molar refractivity (Wildman–Crippen MR) is 88.9 cm³/mol. The highest BCUT2D eigenvalue weighted by molar-refractivity contribution is 7.99. The van der Waals surface area contributed by atoms with Gasteiger partial charge in [-0.3, -0.25) is 0 Å². The maximum atomic E-state index is 2.31. The van der Waals surface area contributed by atoms with Crippen molar-refractivity contribution >= 4 is 17.3 Å². The molecule has 0 saturated carbocycles. The summed E-state index contributed by atoms with van der Waals surface area (Å²) >= 11 is 1.91. The maximum absolute atomic E-state index is 2.31. The highest BCUT2D eigenvalue weighted by atomic mass is 32.2. The molecule has 0 amide bonds. The third-order valence-corrected chi connectivity index (χ3v) is 5.75. The van der Waals surface area contributed by atoms with E-state index in [4.69, 9.17) is 0 Å². The van der Waals surface area contributed by atoms with E-state index in [9.17, 15) is 0 Å². The fourth-order valence-electron chi connectivity index (χ4n) is 3.40. The predicted octanol–water partition coefficient (Wildman–Crippen LogP) is 3.26. The molecule has 2 aromatic carbocycles.